The van der Waals surface area contributed by atoms with Crippen LogP contribution < -0.4 is 20.1 Å². The van der Waals surface area contributed by atoms with Crippen molar-refractivity contribution in [2.24, 2.45) is 0 Å². The van der Waals surface area contributed by atoms with E-state index in [9.17, 15) is 0 Å². The number of methoxy groups -OCH3 is 2. The number of hydrogen-bond donors (Lipinski definition) is 2. The van der Waals surface area contributed by atoms with Crippen molar-refractivity contribution in [3.63, 3.8) is 0 Å². The lowest BCUT2D eigenvalue weighted by Crippen LogP contribution is -2.07. The van der Waals surface area contributed by atoms with Gasteiger partial charge < -0.3 is 20.1 Å². The Bertz CT molecular complexity index is 885. The molecule has 0 aliphatic carbocycles. The van der Waals surface area contributed by atoms with E-state index in [4.69, 9.17) is 9.47 Å². The maximum absolute atomic E-state index is 5.45. The molecule has 0 saturated carbocycles. The van der Waals surface area contributed by atoms with E-state index >= 15 is 0 Å². The predicted octanol–water partition coefficient (Wildman–Crippen LogP) is 4.73. The van der Waals surface area contributed by atoms with E-state index in [0.29, 0.717) is 17.5 Å². The van der Waals surface area contributed by atoms with Crippen molar-refractivity contribution in [2.45, 2.75) is 13.3 Å². The first kappa shape index (κ1) is 18.5. The molecule has 1 heterocycles. The summed E-state index contributed by atoms with van der Waals surface area (Å²) < 4.78 is 10.8. The zero-order valence-corrected chi connectivity index (χ0v) is 15.8. The van der Waals surface area contributed by atoms with Gasteiger partial charge in [0, 0.05) is 24.2 Å². The Balaban J connectivity index is 1.99. The molecule has 0 bridgehead atoms. The van der Waals surface area contributed by atoms with Gasteiger partial charge in [-0.25, -0.2) is 4.98 Å². The Morgan fingerprint density at radius 3 is 2.44 bits per heavy atom. The Morgan fingerprint density at radius 1 is 0.926 bits per heavy atom. The van der Waals surface area contributed by atoms with Crippen LogP contribution in [0, 0.1) is 0 Å². The molecule has 27 heavy (non-hydrogen) atoms. The van der Waals surface area contributed by atoms with E-state index in [1.54, 1.807) is 14.2 Å². The summed E-state index contributed by atoms with van der Waals surface area (Å²) in [5.74, 6) is 2.70. The van der Waals surface area contributed by atoms with Crippen molar-refractivity contribution < 1.29 is 9.47 Å². The molecule has 2 aromatic carbocycles. The second-order valence-electron chi connectivity index (χ2n) is 5.95. The molecule has 6 heteroatoms. The van der Waals surface area contributed by atoms with Gasteiger partial charge in [0.1, 0.15) is 17.3 Å². The van der Waals surface area contributed by atoms with Gasteiger partial charge in [-0.1, -0.05) is 37.3 Å². The van der Waals surface area contributed by atoms with Gasteiger partial charge in [0.15, 0.2) is 0 Å². The fraction of sp³-hybridized carbons (Fsp3) is 0.238. The van der Waals surface area contributed by atoms with Crippen molar-refractivity contribution in [1.82, 2.24) is 9.97 Å². The number of ether oxygens (including phenoxy) is 2. The number of rotatable bonds is 8. The number of aromatic nitrogens is 2. The molecule has 0 amide bonds. The van der Waals surface area contributed by atoms with Crippen molar-refractivity contribution in [3.8, 4) is 22.8 Å². The zero-order valence-electron chi connectivity index (χ0n) is 15.8. The smallest absolute Gasteiger partial charge is 0.225 e. The van der Waals surface area contributed by atoms with Crippen LogP contribution in [-0.4, -0.2) is 30.7 Å². The highest BCUT2D eigenvalue weighted by atomic mass is 16.5. The minimum atomic E-state index is 0.586. The third kappa shape index (κ3) is 4.67. The number of anilines is 3. The summed E-state index contributed by atoms with van der Waals surface area (Å²) in [5, 5.41) is 6.59. The van der Waals surface area contributed by atoms with Crippen LogP contribution in [0.25, 0.3) is 11.3 Å². The summed E-state index contributed by atoms with van der Waals surface area (Å²) in [5.41, 5.74) is 2.64. The fourth-order valence-electron chi connectivity index (χ4n) is 2.63. The van der Waals surface area contributed by atoms with Crippen LogP contribution in [0.5, 0.6) is 11.5 Å². The second kappa shape index (κ2) is 8.89. The maximum Gasteiger partial charge on any atom is 0.225 e. The molecule has 0 fully saturated rings. The SMILES string of the molecule is CCCNc1nc(Nc2cc(OC)ccc2OC)cc(-c2ccccc2)n1. The number of nitrogens with one attached hydrogen (secondary N) is 2. The lowest BCUT2D eigenvalue weighted by atomic mass is 10.1. The van der Waals surface area contributed by atoms with Crippen LogP contribution in [-0.2, 0) is 0 Å². The van der Waals surface area contributed by atoms with Crippen LogP contribution >= 0.6 is 0 Å². The van der Waals surface area contributed by atoms with Gasteiger partial charge in [0.2, 0.25) is 5.95 Å². The van der Waals surface area contributed by atoms with Gasteiger partial charge in [-0.2, -0.15) is 4.98 Å². The topological polar surface area (TPSA) is 68.3 Å². The Kier molecular flexibility index (Phi) is 6.10. The molecule has 0 radical (unpaired) electrons. The van der Waals surface area contributed by atoms with Gasteiger partial charge in [-0.05, 0) is 18.6 Å². The normalized spacial score (nSPS) is 10.3. The molecule has 6 nitrogen and oxygen atoms in total. The van der Waals surface area contributed by atoms with E-state index in [0.717, 1.165) is 35.7 Å². The summed E-state index contributed by atoms with van der Waals surface area (Å²) in [4.78, 5) is 9.23. The molecule has 0 aliphatic rings. The number of hydrogen-bond acceptors (Lipinski definition) is 6. The summed E-state index contributed by atoms with van der Waals surface area (Å²) in [6.45, 7) is 2.91. The largest absolute Gasteiger partial charge is 0.497 e. The quantitative estimate of drug-likeness (QED) is 0.602. The van der Waals surface area contributed by atoms with Gasteiger partial charge >= 0.3 is 0 Å². The molecule has 3 aromatic rings. The van der Waals surface area contributed by atoms with E-state index in [2.05, 4.69) is 27.5 Å². The van der Waals surface area contributed by atoms with Crippen molar-refractivity contribution >= 4 is 17.5 Å². The van der Waals surface area contributed by atoms with Crippen LogP contribution in [0.15, 0.2) is 54.6 Å². The average Bonchev–Trinajstić information content (AvgIpc) is 2.72. The number of nitrogens with zero attached hydrogens (tertiary/aromatic N) is 2. The molecule has 0 spiro atoms. The first-order valence-electron chi connectivity index (χ1n) is 8.91. The molecule has 0 atom stereocenters. The molecule has 1 aromatic heterocycles. The number of benzene rings is 2. The standard InChI is InChI=1S/C21H24N4O2/c1-4-12-22-21-24-17(15-8-6-5-7-9-15)14-20(25-21)23-18-13-16(26-2)10-11-19(18)27-3/h5-11,13-14H,4,12H2,1-3H3,(H2,22,23,24,25). The average molecular weight is 364 g/mol. The minimum Gasteiger partial charge on any atom is -0.497 e. The summed E-state index contributed by atoms with van der Waals surface area (Å²) >= 11 is 0. The van der Waals surface area contributed by atoms with Gasteiger partial charge in [0.25, 0.3) is 0 Å². The van der Waals surface area contributed by atoms with Crippen LogP contribution in [0.3, 0.4) is 0 Å². The van der Waals surface area contributed by atoms with Gasteiger partial charge in [0.05, 0.1) is 25.6 Å². The van der Waals surface area contributed by atoms with Crippen molar-refractivity contribution in [3.05, 3.63) is 54.6 Å². The molecule has 3 rings (SSSR count). The first-order valence-corrected chi connectivity index (χ1v) is 8.91. The highest BCUT2D eigenvalue weighted by molar-refractivity contribution is 5.71. The van der Waals surface area contributed by atoms with Crippen molar-refractivity contribution in [1.29, 1.82) is 0 Å². The van der Waals surface area contributed by atoms with E-state index in [-0.39, 0.29) is 0 Å². The summed E-state index contributed by atoms with van der Waals surface area (Å²) in [7, 11) is 3.27. The minimum absolute atomic E-state index is 0.586. The molecule has 2 N–H and O–H groups in total. The first-order chi connectivity index (χ1) is 13.2. The zero-order chi connectivity index (χ0) is 19.1. The molecule has 0 aliphatic heterocycles. The van der Waals surface area contributed by atoms with Crippen LogP contribution in [0.1, 0.15) is 13.3 Å². The maximum atomic E-state index is 5.45. The second-order valence-corrected chi connectivity index (χ2v) is 5.95. The molecular formula is C21H24N4O2. The summed E-state index contributed by atoms with van der Waals surface area (Å²) in [6.07, 6.45) is 0.991. The van der Waals surface area contributed by atoms with Gasteiger partial charge in [-0.15, -0.1) is 0 Å². The van der Waals surface area contributed by atoms with Crippen LogP contribution in [0.4, 0.5) is 17.5 Å². The predicted molar refractivity (Wildman–Crippen MR) is 109 cm³/mol. The van der Waals surface area contributed by atoms with E-state index in [1.807, 2.05) is 54.6 Å². The van der Waals surface area contributed by atoms with Gasteiger partial charge in [-0.3, -0.25) is 0 Å². The molecule has 0 unspecified atom stereocenters. The molecular weight excluding hydrogens is 340 g/mol. The summed E-state index contributed by atoms with van der Waals surface area (Å²) in [6, 6.07) is 17.5. The molecule has 140 valence electrons. The lowest BCUT2D eigenvalue weighted by molar-refractivity contribution is 0.405. The Hall–Kier alpha value is -3.28. The lowest BCUT2D eigenvalue weighted by Gasteiger charge is -2.14. The van der Waals surface area contributed by atoms with Crippen molar-refractivity contribution in [2.75, 3.05) is 31.4 Å². The highest BCUT2D eigenvalue weighted by Gasteiger charge is 2.10. The van der Waals surface area contributed by atoms with Crippen LogP contribution in [0.2, 0.25) is 0 Å². The van der Waals surface area contributed by atoms with E-state index < -0.39 is 0 Å². The third-order valence-corrected chi connectivity index (χ3v) is 4.00. The van der Waals surface area contributed by atoms with E-state index in [1.165, 1.54) is 0 Å². The Morgan fingerprint density at radius 2 is 1.74 bits per heavy atom. The molecule has 0 saturated heterocycles. The third-order valence-electron chi connectivity index (χ3n) is 4.00. The Labute approximate surface area is 159 Å². The monoisotopic (exact) mass is 364 g/mol. The highest BCUT2D eigenvalue weighted by Crippen LogP contribution is 2.32. The fourth-order valence-corrected chi connectivity index (χ4v) is 2.63.